The van der Waals surface area contributed by atoms with E-state index in [9.17, 15) is 5.26 Å². The quantitative estimate of drug-likeness (QED) is 0.732. The zero-order valence-electron chi connectivity index (χ0n) is 11.9. The third-order valence-electron chi connectivity index (χ3n) is 2.63. The Kier molecular flexibility index (Phi) is 5.75. The van der Waals surface area contributed by atoms with Gasteiger partial charge in [0.25, 0.3) is 0 Å². The first-order valence-electron chi connectivity index (χ1n) is 6.19. The highest BCUT2D eigenvalue weighted by molar-refractivity contribution is 9.10. The van der Waals surface area contributed by atoms with Gasteiger partial charge in [-0.05, 0) is 37.3 Å². The fourth-order valence-corrected chi connectivity index (χ4v) is 3.46. The maximum atomic E-state index is 9.67. The normalized spacial score (nSPS) is 14.7. The van der Waals surface area contributed by atoms with E-state index in [1.165, 1.54) is 0 Å². The predicted molar refractivity (Wildman–Crippen MR) is 82.4 cm³/mol. The second-order valence-corrected chi connectivity index (χ2v) is 10.7. The van der Waals surface area contributed by atoms with Crippen molar-refractivity contribution in [2.75, 3.05) is 13.7 Å². The Hall–Kier alpha value is -0.673. The van der Waals surface area contributed by atoms with E-state index in [1.54, 1.807) is 7.11 Å². The molecule has 1 atom stereocenters. The van der Waals surface area contributed by atoms with Gasteiger partial charge < -0.3 is 9.16 Å². The van der Waals surface area contributed by atoms with Gasteiger partial charge >= 0.3 is 0 Å². The molecule has 0 heterocycles. The van der Waals surface area contributed by atoms with Crippen molar-refractivity contribution in [1.29, 1.82) is 5.26 Å². The standard InChI is InChI=1S/C14H20BrNO2Si/c1-17-10-9-14(11-16,18-19(2,3)4)12-5-7-13(15)8-6-12/h5-8H,9-10H2,1-4H3/t14-/m1/s1. The van der Waals surface area contributed by atoms with Gasteiger partial charge in [-0.2, -0.15) is 5.26 Å². The van der Waals surface area contributed by atoms with Crippen LogP contribution in [0.2, 0.25) is 19.6 Å². The van der Waals surface area contributed by atoms with Crippen molar-refractivity contribution in [1.82, 2.24) is 0 Å². The monoisotopic (exact) mass is 341 g/mol. The average molecular weight is 342 g/mol. The van der Waals surface area contributed by atoms with Crippen molar-refractivity contribution in [2.45, 2.75) is 31.7 Å². The second kappa shape index (κ2) is 6.66. The maximum Gasteiger partial charge on any atom is 0.186 e. The number of halogens is 1. The van der Waals surface area contributed by atoms with Gasteiger partial charge in [-0.25, -0.2) is 0 Å². The summed E-state index contributed by atoms with van der Waals surface area (Å²) in [5.41, 5.74) is -0.0288. The number of nitrogens with zero attached hydrogens (tertiary/aromatic N) is 1. The Morgan fingerprint density at radius 3 is 2.26 bits per heavy atom. The molecule has 0 fully saturated rings. The minimum Gasteiger partial charge on any atom is -0.396 e. The van der Waals surface area contributed by atoms with Crippen molar-refractivity contribution in [3.63, 3.8) is 0 Å². The van der Waals surface area contributed by atoms with Crippen LogP contribution < -0.4 is 0 Å². The number of benzene rings is 1. The highest BCUT2D eigenvalue weighted by atomic mass is 79.9. The zero-order chi connectivity index (χ0) is 14.5. The van der Waals surface area contributed by atoms with Gasteiger partial charge in [0.15, 0.2) is 13.9 Å². The van der Waals surface area contributed by atoms with Crippen LogP contribution in [0.3, 0.4) is 0 Å². The van der Waals surface area contributed by atoms with Crippen molar-refractivity contribution in [3.8, 4) is 6.07 Å². The van der Waals surface area contributed by atoms with Gasteiger partial charge in [-0.1, -0.05) is 28.1 Å². The Labute approximate surface area is 124 Å². The molecule has 0 aliphatic heterocycles. The molecule has 5 heteroatoms. The van der Waals surface area contributed by atoms with Crippen LogP contribution in [0.4, 0.5) is 0 Å². The number of nitriles is 1. The lowest BCUT2D eigenvalue weighted by atomic mass is 9.92. The van der Waals surface area contributed by atoms with E-state index in [2.05, 4.69) is 41.6 Å². The Morgan fingerprint density at radius 2 is 1.84 bits per heavy atom. The molecule has 0 bridgehead atoms. The van der Waals surface area contributed by atoms with Crippen LogP contribution in [0.25, 0.3) is 0 Å². The lowest BCUT2D eigenvalue weighted by molar-refractivity contribution is 0.0692. The predicted octanol–water partition coefficient (Wildman–Crippen LogP) is 4.06. The lowest BCUT2D eigenvalue weighted by Gasteiger charge is -2.34. The first-order chi connectivity index (χ1) is 8.83. The van der Waals surface area contributed by atoms with Gasteiger partial charge in [0.05, 0.1) is 6.61 Å². The Bertz CT molecular complexity index is 450. The van der Waals surface area contributed by atoms with E-state index in [-0.39, 0.29) is 0 Å². The highest BCUT2D eigenvalue weighted by Gasteiger charge is 2.37. The molecular weight excluding hydrogens is 322 g/mol. The van der Waals surface area contributed by atoms with E-state index in [1.807, 2.05) is 24.3 Å². The van der Waals surface area contributed by atoms with E-state index in [4.69, 9.17) is 9.16 Å². The molecule has 0 N–H and O–H groups in total. The Balaban J connectivity index is 3.16. The van der Waals surface area contributed by atoms with E-state index >= 15 is 0 Å². The third kappa shape index (κ3) is 4.73. The summed E-state index contributed by atoms with van der Waals surface area (Å²) >= 11 is 3.41. The molecule has 1 aromatic rings. The summed E-state index contributed by atoms with van der Waals surface area (Å²) in [4.78, 5) is 0. The smallest absolute Gasteiger partial charge is 0.186 e. The average Bonchev–Trinajstić information content (AvgIpc) is 2.34. The SMILES string of the molecule is COCC[C@](C#N)(O[Si](C)(C)C)c1ccc(Br)cc1. The lowest BCUT2D eigenvalue weighted by Crippen LogP contribution is -2.40. The highest BCUT2D eigenvalue weighted by Crippen LogP contribution is 2.33. The van der Waals surface area contributed by atoms with E-state index in [0.29, 0.717) is 13.0 Å². The van der Waals surface area contributed by atoms with Gasteiger partial charge in [-0.15, -0.1) is 0 Å². The molecule has 0 unspecified atom stereocenters. The van der Waals surface area contributed by atoms with Crippen LogP contribution in [-0.2, 0) is 14.8 Å². The zero-order valence-corrected chi connectivity index (χ0v) is 14.5. The minimum atomic E-state index is -1.85. The summed E-state index contributed by atoms with van der Waals surface area (Å²) < 4.78 is 12.3. The number of rotatable bonds is 6. The molecule has 1 aromatic carbocycles. The molecule has 0 radical (unpaired) electrons. The summed E-state index contributed by atoms with van der Waals surface area (Å²) in [6, 6.07) is 10.1. The first kappa shape index (κ1) is 16.4. The Morgan fingerprint density at radius 1 is 1.26 bits per heavy atom. The van der Waals surface area contributed by atoms with Crippen molar-refractivity contribution >= 4 is 24.2 Å². The molecule has 0 aromatic heterocycles. The number of hydrogen-bond acceptors (Lipinski definition) is 3. The van der Waals surface area contributed by atoms with Crippen molar-refractivity contribution in [2.24, 2.45) is 0 Å². The van der Waals surface area contributed by atoms with Crippen LogP contribution in [0.5, 0.6) is 0 Å². The largest absolute Gasteiger partial charge is 0.396 e. The summed E-state index contributed by atoms with van der Waals surface area (Å²) in [6.07, 6.45) is 0.534. The maximum absolute atomic E-state index is 9.67. The third-order valence-corrected chi connectivity index (χ3v) is 4.12. The van der Waals surface area contributed by atoms with Crippen LogP contribution in [0.15, 0.2) is 28.7 Å². The van der Waals surface area contributed by atoms with Crippen molar-refractivity contribution < 1.29 is 9.16 Å². The summed E-state index contributed by atoms with van der Waals surface area (Å²) in [6.45, 7) is 6.76. The molecule has 0 saturated heterocycles. The van der Waals surface area contributed by atoms with E-state index < -0.39 is 13.9 Å². The molecule has 0 aliphatic carbocycles. The number of ether oxygens (including phenoxy) is 1. The van der Waals surface area contributed by atoms with Gasteiger partial charge in [-0.3, -0.25) is 0 Å². The minimum absolute atomic E-state index is 0.494. The summed E-state index contributed by atoms with van der Waals surface area (Å²) in [7, 11) is -0.213. The van der Waals surface area contributed by atoms with E-state index in [0.717, 1.165) is 10.0 Å². The van der Waals surface area contributed by atoms with Crippen LogP contribution in [-0.4, -0.2) is 22.0 Å². The second-order valence-electron chi connectivity index (χ2n) is 5.40. The number of hydrogen-bond donors (Lipinski definition) is 0. The van der Waals surface area contributed by atoms with Gasteiger partial charge in [0, 0.05) is 18.0 Å². The molecule has 0 amide bonds. The molecular formula is C14H20BrNO2Si. The fraction of sp³-hybridized carbons (Fsp3) is 0.500. The van der Waals surface area contributed by atoms with Gasteiger partial charge in [0.1, 0.15) is 6.07 Å². The van der Waals surface area contributed by atoms with Crippen LogP contribution in [0.1, 0.15) is 12.0 Å². The fourth-order valence-electron chi connectivity index (χ4n) is 1.89. The summed E-state index contributed by atoms with van der Waals surface area (Å²) in [5, 5.41) is 9.67. The molecule has 104 valence electrons. The summed E-state index contributed by atoms with van der Waals surface area (Å²) in [5.74, 6) is 0. The van der Waals surface area contributed by atoms with Crippen molar-refractivity contribution in [3.05, 3.63) is 34.3 Å². The molecule has 0 spiro atoms. The molecule has 0 aliphatic rings. The first-order valence-corrected chi connectivity index (χ1v) is 10.4. The molecule has 0 saturated carbocycles. The van der Waals surface area contributed by atoms with Crippen LogP contribution >= 0.6 is 15.9 Å². The van der Waals surface area contributed by atoms with Gasteiger partial charge in [0.2, 0.25) is 0 Å². The van der Waals surface area contributed by atoms with Crippen LogP contribution in [0, 0.1) is 11.3 Å². The number of methoxy groups -OCH3 is 1. The molecule has 1 rings (SSSR count). The molecule has 19 heavy (non-hydrogen) atoms. The topological polar surface area (TPSA) is 42.2 Å². The molecule has 3 nitrogen and oxygen atoms in total.